The van der Waals surface area contributed by atoms with Crippen molar-refractivity contribution >= 4 is 23.2 Å². The van der Waals surface area contributed by atoms with Crippen LogP contribution < -0.4 is 10.2 Å². The third-order valence-corrected chi connectivity index (χ3v) is 6.37. The van der Waals surface area contributed by atoms with E-state index in [9.17, 15) is 4.79 Å². The maximum atomic E-state index is 12.7. The molecule has 4 rings (SSSR count). The molecule has 174 valence electrons. The summed E-state index contributed by atoms with van der Waals surface area (Å²) in [6.45, 7) is 7.61. The molecule has 0 bridgehead atoms. The number of nitrogens with one attached hydrogen (secondary N) is 1. The van der Waals surface area contributed by atoms with Gasteiger partial charge in [-0.25, -0.2) is 4.98 Å². The van der Waals surface area contributed by atoms with E-state index in [1.54, 1.807) is 0 Å². The third-order valence-electron chi connectivity index (χ3n) is 6.14. The fourth-order valence-corrected chi connectivity index (χ4v) is 4.51. The first-order valence-electron chi connectivity index (χ1n) is 11.6. The van der Waals surface area contributed by atoms with Gasteiger partial charge in [0.05, 0.1) is 5.69 Å². The van der Waals surface area contributed by atoms with Gasteiger partial charge in [-0.2, -0.15) is 0 Å². The van der Waals surface area contributed by atoms with Crippen LogP contribution in [-0.2, 0) is 6.42 Å². The van der Waals surface area contributed by atoms with Crippen LogP contribution in [0.1, 0.15) is 41.1 Å². The van der Waals surface area contributed by atoms with Crippen LogP contribution in [0.15, 0.2) is 65.4 Å². The lowest BCUT2D eigenvalue weighted by molar-refractivity contribution is 0.0922. The lowest BCUT2D eigenvalue weighted by atomic mass is 9.97. The highest BCUT2D eigenvalue weighted by Gasteiger charge is 2.22. The molecule has 1 atom stereocenters. The molecule has 1 saturated heterocycles. The highest BCUT2D eigenvalue weighted by Crippen LogP contribution is 2.23. The highest BCUT2D eigenvalue weighted by atomic mass is 35.5. The molecule has 1 aliphatic heterocycles. The second-order valence-corrected chi connectivity index (χ2v) is 9.01. The smallest absolute Gasteiger partial charge is 0.289 e. The van der Waals surface area contributed by atoms with E-state index in [0.29, 0.717) is 18.0 Å². The van der Waals surface area contributed by atoms with Crippen molar-refractivity contribution < 1.29 is 9.21 Å². The molecular weight excluding hydrogens is 436 g/mol. The van der Waals surface area contributed by atoms with E-state index in [1.807, 2.05) is 36.4 Å². The summed E-state index contributed by atoms with van der Waals surface area (Å²) in [4.78, 5) is 21.8. The molecular formula is C26H31ClN4O2. The number of oxazole rings is 1. The molecule has 6 nitrogen and oxygen atoms in total. The maximum Gasteiger partial charge on any atom is 0.289 e. The van der Waals surface area contributed by atoms with Crippen molar-refractivity contribution in [2.45, 2.75) is 25.7 Å². The van der Waals surface area contributed by atoms with Crippen molar-refractivity contribution in [3.8, 4) is 0 Å². The fourth-order valence-electron chi connectivity index (χ4n) is 4.33. The molecule has 0 radical (unpaired) electrons. The Hall–Kier alpha value is -2.83. The van der Waals surface area contributed by atoms with Crippen LogP contribution in [0.3, 0.4) is 0 Å². The third kappa shape index (κ3) is 6.36. The number of hydrogen-bond donors (Lipinski definition) is 1. The normalized spacial score (nSPS) is 15.4. The Balaban J connectivity index is 1.19. The zero-order chi connectivity index (χ0) is 23.0. The van der Waals surface area contributed by atoms with Gasteiger partial charge in [0.25, 0.3) is 5.91 Å². The van der Waals surface area contributed by atoms with E-state index in [4.69, 9.17) is 16.0 Å². The van der Waals surface area contributed by atoms with Gasteiger partial charge in [-0.05, 0) is 43.1 Å². The summed E-state index contributed by atoms with van der Waals surface area (Å²) in [6.07, 6.45) is 3.08. The Morgan fingerprint density at radius 1 is 1.12 bits per heavy atom. The first kappa shape index (κ1) is 23.3. The number of halogens is 1. The first-order chi connectivity index (χ1) is 16.1. The van der Waals surface area contributed by atoms with Gasteiger partial charge in [0.15, 0.2) is 6.39 Å². The quantitative estimate of drug-likeness (QED) is 0.466. The Morgan fingerprint density at radius 2 is 1.91 bits per heavy atom. The molecule has 3 aromatic rings. The topological polar surface area (TPSA) is 61.6 Å². The predicted octanol–water partition coefficient (Wildman–Crippen LogP) is 4.62. The van der Waals surface area contributed by atoms with Gasteiger partial charge in [-0.3, -0.25) is 9.69 Å². The largest absolute Gasteiger partial charge is 0.438 e. The minimum absolute atomic E-state index is 0.0997. The van der Waals surface area contributed by atoms with Gasteiger partial charge in [-0.15, -0.1) is 0 Å². The van der Waals surface area contributed by atoms with Crippen LogP contribution in [0.25, 0.3) is 0 Å². The molecule has 33 heavy (non-hydrogen) atoms. The Kier molecular flexibility index (Phi) is 8.02. The number of benzene rings is 2. The standard InChI is InChI=1S/C26H31ClN4O2/c1-20(17-21-7-3-2-4-8-21)24-25(33-19-29-24)26(32)28-11-6-12-30-13-15-31(16-14-30)23-10-5-9-22(27)18-23/h2-5,7-10,18-20H,6,11-17H2,1H3,(H,28,32). The number of rotatable bonds is 9. The molecule has 2 heterocycles. The summed E-state index contributed by atoms with van der Waals surface area (Å²) in [7, 11) is 0. The van der Waals surface area contributed by atoms with E-state index in [2.05, 4.69) is 45.2 Å². The zero-order valence-corrected chi connectivity index (χ0v) is 19.8. The number of piperazine rings is 1. The van der Waals surface area contributed by atoms with Gasteiger partial charge in [0, 0.05) is 49.4 Å². The number of hydrogen-bond acceptors (Lipinski definition) is 5. The van der Waals surface area contributed by atoms with Crippen molar-refractivity contribution in [2.75, 3.05) is 44.2 Å². The maximum absolute atomic E-state index is 12.7. The van der Waals surface area contributed by atoms with Crippen LogP contribution in [0.4, 0.5) is 5.69 Å². The number of carbonyl (C=O) groups excluding carboxylic acids is 1. The molecule has 7 heteroatoms. The van der Waals surface area contributed by atoms with Gasteiger partial charge in [-0.1, -0.05) is 54.9 Å². The Labute approximate surface area is 200 Å². The zero-order valence-electron chi connectivity index (χ0n) is 19.0. The highest BCUT2D eigenvalue weighted by molar-refractivity contribution is 6.30. The van der Waals surface area contributed by atoms with Gasteiger partial charge >= 0.3 is 0 Å². The van der Waals surface area contributed by atoms with E-state index < -0.39 is 0 Å². The van der Waals surface area contributed by atoms with Crippen molar-refractivity contribution in [2.24, 2.45) is 0 Å². The van der Waals surface area contributed by atoms with Gasteiger partial charge in [0.2, 0.25) is 5.76 Å². The van der Waals surface area contributed by atoms with Crippen LogP contribution in [0.2, 0.25) is 5.02 Å². The summed E-state index contributed by atoms with van der Waals surface area (Å²) in [6, 6.07) is 18.3. The van der Waals surface area contributed by atoms with Crippen LogP contribution in [0.5, 0.6) is 0 Å². The molecule has 0 saturated carbocycles. The number of carbonyl (C=O) groups is 1. The SMILES string of the molecule is CC(Cc1ccccc1)c1ncoc1C(=O)NCCCN1CCN(c2cccc(Cl)c2)CC1. The van der Waals surface area contributed by atoms with E-state index in [1.165, 1.54) is 17.6 Å². The van der Waals surface area contributed by atoms with Gasteiger partial charge in [0.1, 0.15) is 0 Å². The molecule has 1 fully saturated rings. The average Bonchev–Trinajstić information content (AvgIpc) is 3.33. The number of nitrogens with zero attached hydrogens (tertiary/aromatic N) is 3. The molecule has 0 spiro atoms. The second-order valence-electron chi connectivity index (χ2n) is 8.58. The number of amides is 1. The average molecular weight is 467 g/mol. The van der Waals surface area contributed by atoms with Crippen LogP contribution >= 0.6 is 11.6 Å². The van der Waals surface area contributed by atoms with Gasteiger partial charge < -0.3 is 14.6 Å². The van der Waals surface area contributed by atoms with Crippen molar-refractivity contribution in [3.05, 3.63) is 83.0 Å². The molecule has 1 aliphatic rings. The lowest BCUT2D eigenvalue weighted by Gasteiger charge is -2.36. The van der Waals surface area contributed by atoms with E-state index in [0.717, 1.165) is 50.6 Å². The summed E-state index contributed by atoms with van der Waals surface area (Å²) in [5.74, 6) is 0.240. The lowest BCUT2D eigenvalue weighted by Crippen LogP contribution is -2.47. The monoisotopic (exact) mass is 466 g/mol. The predicted molar refractivity (Wildman–Crippen MR) is 132 cm³/mol. The number of aromatic nitrogens is 1. The van der Waals surface area contributed by atoms with Crippen molar-refractivity contribution in [3.63, 3.8) is 0 Å². The molecule has 2 aromatic carbocycles. The van der Waals surface area contributed by atoms with Crippen LogP contribution in [0, 0.1) is 0 Å². The molecule has 1 unspecified atom stereocenters. The summed E-state index contributed by atoms with van der Waals surface area (Å²) >= 11 is 6.12. The van der Waals surface area contributed by atoms with E-state index in [-0.39, 0.29) is 11.8 Å². The van der Waals surface area contributed by atoms with E-state index >= 15 is 0 Å². The summed E-state index contributed by atoms with van der Waals surface area (Å²) < 4.78 is 5.45. The number of anilines is 1. The van der Waals surface area contributed by atoms with Crippen LogP contribution in [-0.4, -0.2) is 55.1 Å². The molecule has 1 amide bonds. The Morgan fingerprint density at radius 3 is 2.67 bits per heavy atom. The van der Waals surface area contributed by atoms with Crippen molar-refractivity contribution in [1.82, 2.24) is 15.2 Å². The summed E-state index contributed by atoms with van der Waals surface area (Å²) in [5.41, 5.74) is 3.11. The molecule has 0 aliphatic carbocycles. The second kappa shape index (κ2) is 11.3. The summed E-state index contributed by atoms with van der Waals surface area (Å²) in [5, 5.41) is 3.77. The minimum Gasteiger partial charge on any atom is -0.438 e. The van der Waals surface area contributed by atoms with Crippen molar-refractivity contribution in [1.29, 1.82) is 0 Å². The fraction of sp³-hybridized carbons (Fsp3) is 0.385. The Bertz CT molecular complexity index is 1030. The molecule has 1 aromatic heterocycles. The first-order valence-corrected chi connectivity index (χ1v) is 12.0. The molecule has 1 N–H and O–H groups in total. The minimum atomic E-state index is -0.187.